The van der Waals surface area contributed by atoms with Crippen LogP contribution in [0.25, 0.3) is 10.9 Å². The first kappa shape index (κ1) is 23.0. The average Bonchev–Trinajstić information content (AvgIpc) is 2.78. The maximum atomic E-state index is 13.2. The summed E-state index contributed by atoms with van der Waals surface area (Å²) in [5.74, 6) is 0.218. The molecule has 0 spiro atoms. The first-order valence-corrected chi connectivity index (χ1v) is 10.2. The van der Waals surface area contributed by atoms with E-state index in [1.165, 1.54) is 6.92 Å². The molecule has 2 N–H and O–H groups in total. The third-order valence-corrected chi connectivity index (χ3v) is 5.48. The van der Waals surface area contributed by atoms with Crippen molar-refractivity contribution in [1.82, 2.24) is 20.7 Å². The lowest BCUT2D eigenvalue weighted by molar-refractivity contribution is -0.143. The van der Waals surface area contributed by atoms with Crippen molar-refractivity contribution in [2.45, 2.75) is 25.3 Å². The molecule has 0 aliphatic carbocycles. The van der Waals surface area contributed by atoms with Gasteiger partial charge in [-0.15, -0.1) is 10.2 Å². The fourth-order valence-corrected chi connectivity index (χ4v) is 3.71. The van der Waals surface area contributed by atoms with Crippen molar-refractivity contribution in [2.75, 3.05) is 36.4 Å². The molecule has 0 unspecified atom stereocenters. The third-order valence-electron chi connectivity index (χ3n) is 5.48. The number of benzene rings is 2. The lowest BCUT2D eigenvalue weighted by atomic mass is 10.00. The molecule has 4 rings (SSSR count). The zero-order chi connectivity index (χ0) is 23.8. The summed E-state index contributed by atoms with van der Waals surface area (Å²) in [6, 6.07) is 6.08. The van der Waals surface area contributed by atoms with Gasteiger partial charge in [0.15, 0.2) is 5.82 Å². The van der Waals surface area contributed by atoms with Crippen LogP contribution >= 0.6 is 0 Å². The minimum Gasteiger partial charge on any atom is -0.369 e. The van der Waals surface area contributed by atoms with E-state index in [4.69, 9.17) is 0 Å². The van der Waals surface area contributed by atoms with E-state index in [9.17, 15) is 26.3 Å². The van der Waals surface area contributed by atoms with Crippen LogP contribution in [0.4, 0.5) is 37.8 Å². The summed E-state index contributed by atoms with van der Waals surface area (Å²) in [6.45, 7) is 4.69. The van der Waals surface area contributed by atoms with Gasteiger partial charge in [0, 0.05) is 37.3 Å². The number of fused-ring (bicyclic) bond motifs is 1. The quantitative estimate of drug-likeness (QED) is 0.542. The van der Waals surface area contributed by atoms with Gasteiger partial charge < -0.3 is 15.5 Å². The van der Waals surface area contributed by atoms with E-state index in [1.54, 1.807) is 6.07 Å². The summed E-state index contributed by atoms with van der Waals surface area (Å²) in [5, 5.41) is 18.3. The molecule has 0 amide bonds. The van der Waals surface area contributed by atoms with Crippen LogP contribution in [0.15, 0.2) is 36.4 Å². The Morgan fingerprint density at radius 3 is 2.15 bits per heavy atom. The van der Waals surface area contributed by atoms with Gasteiger partial charge in [0.05, 0.1) is 22.7 Å². The van der Waals surface area contributed by atoms with Gasteiger partial charge in [-0.3, -0.25) is 0 Å². The largest absolute Gasteiger partial charge is 0.416 e. The van der Waals surface area contributed by atoms with Gasteiger partial charge in [-0.25, -0.2) is 0 Å². The predicted molar refractivity (Wildman–Crippen MR) is 111 cm³/mol. The molecule has 33 heavy (non-hydrogen) atoms. The smallest absolute Gasteiger partial charge is 0.369 e. The molecule has 1 aromatic heterocycles. The summed E-state index contributed by atoms with van der Waals surface area (Å²) < 4.78 is 79.4. The molecule has 3 aromatic rings. The topological polar surface area (TPSA) is 66.0 Å². The number of piperazine rings is 1. The van der Waals surface area contributed by atoms with Crippen molar-refractivity contribution in [3.63, 3.8) is 0 Å². The Morgan fingerprint density at radius 2 is 1.55 bits per heavy atom. The van der Waals surface area contributed by atoms with Crippen molar-refractivity contribution in [3.8, 4) is 0 Å². The Balaban J connectivity index is 1.69. The number of aromatic nitrogens is 3. The van der Waals surface area contributed by atoms with Crippen molar-refractivity contribution in [3.05, 3.63) is 53.1 Å². The van der Waals surface area contributed by atoms with Crippen LogP contribution in [0, 0.1) is 0 Å². The zero-order valence-electron chi connectivity index (χ0n) is 17.4. The van der Waals surface area contributed by atoms with E-state index in [0.717, 1.165) is 31.9 Å². The molecule has 1 atom stereocenters. The van der Waals surface area contributed by atoms with Gasteiger partial charge >= 0.3 is 12.4 Å². The van der Waals surface area contributed by atoms with Crippen LogP contribution in [0.1, 0.15) is 29.7 Å². The number of hydrogen-bond acceptors (Lipinski definition) is 6. The Bertz CT molecular complexity index is 1110. The molecule has 12 heteroatoms. The minimum atomic E-state index is -4.92. The summed E-state index contributed by atoms with van der Waals surface area (Å²) in [5.41, 5.74) is -1.51. The van der Waals surface area contributed by atoms with Gasteiger partial charge in [0.25, 0.3) is 0 Å². The van der Waals surface area contributed by atoms with Crippen LogP contribution in [0.2, 0.25) is 0 Å². The maximum Gasteiger partial charge on any atom is 0.416 e. The molecule has 0 bridgehead atoms. The Morgan fingerprint density at radius 1 is 0.909 bits per heavy atom. The number of nitrogens with zero attached hydrogens (tertiary/aromatic N) is 4. The zero-order valence-corrected chi connectivity index (χ0v) is 17.4. The number of hydrogen-bond donors (Lipinski definition) is 2. The first-order valence-electron chi connectivity index (χ1n) is 10.2. The summed E-state index contributed by atoms with van der Waals surface area (Å²) in [7, 11) is 0. The van der Waals surface area contributed by atoms with Gasteiger partial charge in [-0.2, -0.15) is 26.3 Å². The van der Waals surface area contributed by atoms with E-state index in [1.807, 2.05) is 12.1 Å². The monoisotopic (exact) mass is 470 g/mol. The molecule has 176 valence electrons. The van der Waals surface area contributed by atoms with E-state index in [-0.39, 0.29) is 17.4 Å². The predicted octanol–water partition coefficient (Wildman–Crippen LogP) is 4.65. The SMILES string of the molecule is C[C@@H](Nc1nnnc2ccc(N3CCNCC3)cc12)c1cc(C(F)(F)F)cc(C(F)(F)F)c1. The summed E-state index contributed by atoms with van der Waals surface area (Å²) >= 11 is 0. The fraction of sp³-hybridized carbons (Fsp3) is 0.381. The highest BCUT2D eigenvalue weighted by atomic mass is 19.4. The van der Waals surface area contributed by atoms with E-state index in [2.05, 4.69) is 30.9 Å². The molecular formula is C21H20F6N6. The number of nitrogens with one attached hydrogen (secondary N) is 2. The van der Waals surface area contributed by atoms with Crippen molar-refractivity contribution in [1.29, 1.82) is 0 Å². The van der Waals surface area contributed by atoms with Gasteiger partial charge in [-0.05, 0) is 54.1 Å². The summed E-state index contributed by atoms with van der Waals surface area (Å²) in [6.07, 6.45) is -9.84. The fourth-order valence-electron chi connectivity index (χ4n) is 3.71. The highest BCUT2D eigenvalue weighted by molar-refractivity contribution is 5.91. The lowest BCUT2D eigenvalue weighted by Crippen LogP contribution is -2.43. The molecule has 1 fully saturated rings. The lowest BCUT2D eigenvalue weighted by Gasteiger charge is -2.29. The second kappa shape index (κ2) is 8.65. The van der Waals surface area contributed by atoms with Crippen molar-refractivity contribution < 1.29 is 26.3 Å². The van der Waals surface area contributed by atoms with Crippen LogP contribution in [0.5, 0.6) is 0 Å². The molecule has 0 saturated carbocycles. The van der Waals surface area contributed by atoms with Crippen LogP contribution in [0.3, 0.4) is 0 Å². The van der Waals surface area contributed by atoms with Crippen molar-refractivity contribution in [2.24, 2.45) is 0 Å². The molecule has 2 heterocycles. The second-order valence-electron chi connectivity index (χ2n) is 7.78. The van der Waals surface area contributed by atoms with E-state index >= 15 is 0 Å². The maximum absolute atomic E-state index is 13.2. The van der Waals surface area contributed by atoms with Gasteiger partial charge in [-0.1, -0.05) is 0 Å². The third kappa shape index (κ3) is 5.10. The molecule has 1 aliphatic heterocycles. The van der Waals surface area contributed by atoms with Gasteiger partial charge in [0.1, 0.15) is 0 Å². The molecule has 2 aromatic carbocycles. The normalized spacial score (nSPS) is 16.2. The standard InChI is InChI=1S/C21H20F6N6/c1-12(13-8-14(20(22,23)24)10-15(9-13)21(25,26)27)29-19-17-11-16(33-6-4-28-5-7-33)2-3-18(17)30-32-31-19/h2-3,8-12,28H,4-7H2,1H3,(H,29,30,31)/t12-/m1/s1. The number of anilines is 2. The second-order valence-corrected chi connectivity index (χ2v) is 7.78. The van der Waals surface area contributed by atoms with Crippen LogP contribution in [-0.2, 0) is 12.4 Å². The minimum absolute atomic E-state index is 0.109. The highest BCUT2D eigenvalue weighted by Gasteiger charge is 2.37. The highest BCUT2D eigenvalue weighted by Crippen LogP contribution is 2.38. The Kier molecular flexibility index (Phi) is 6.04. The van der Waals surface area contributed by atoms with Crippen LogP contribution in [-0.4, -0.2) is 41.6 Å². The van der Waals surface area contributed by atoms with Crippen molar-refractivity contribution >= 4 is 22.4 Å². The molecule has 0 radical (unpaired) electrons. The van der Waals surface area contributed by atoms with E-state index in [0.29, 0.717) is 23.0 Å². The number of rotatable bonds is 4. The molecular weight excluding hydrogens is 450 g/mol. The number of alkyl halides is 6. The molecule has 1 saturated heterocycles. The Hall–Kier alpha value is -3.15. The summed E-state index contributed by atoms with van der Waals surface area (Å²) in [4.78, 5) is 2.16. The average molecular weight is 470 g/mol. The molecule has 1 aliphatic rings. The first-order chi connectivity index (χ1) is 15.5. The number of halogens is 6. The molecule has 6 nitrogen and oxygen atoms in total. The van der Waals surface area contributed by atoms with E-state index < -0.39 is 29.5 Å². The van der Waals surface area contributed by atoms with Crippen LogP contribution < -0.4 is 15.5 Å². The Labute approximate surface area is 185 Å². The van der Waals surface area contributed by atoms with Gasteiger partial charge in [0.2, 0.25) is 0 Å².